The number of aromatic carboxylic acids is 1. The third kappa shape index (κ3) is 5.83. The summed E-state index contributed by atoms with van der Waals surface area (Å²) in [6.45, 7) is 0. The molecule has 32 heavy (non-hydrogen) atoms. The Morgan fingerprint density at radius 2 is 1.69 bits per heavy atom. The molecule has 0 spiro atoms. The van der Waals surface area contributed by atoms with E-state index >= 15 is 0 Å². The van der Waals surface area contributed by atoms with Gasteiger partial charge in [-0.25, -0.2) is 4.79 Å². The number of benzene rings is 3. The van der Waals surface area contributed by atoms with Gasteiger partial charge in [-0.3, -0.25) is 9.59 Å². The van der Waals surface area contributed by atoms with E-state index in [2.05, 4.69) is 26.6 Å². The summed E-state index contributed by atoms with van der Waals surface area (Å²) in [6, 6.07) is 17.9. The van der Waals surface area contributed by atoms with Crippen molar-refractivity contribution in [1.82, 2.24) is 0 Å². The predicted molar refractivity (Wildman–Crippen MR) is 126 cm³/mol. The molecular formula is C24H19BrN2O5. The average molecular weight is 495 g/mol. The van der Waals surface area contributed by atoms with Crippen molar-refractivity contribution in [1.29, 1.82) is 0 Å². The lowest BCUT2D eigenvalue weighted by Gasteiger charge is -2.09. The highest BCUT2D eigenvalue weighted by atomic mass is 79.9. The molecule has 3 aromatic rings. The van der Waals surface area contributed by atoms with E-state index in [1.54, 1.807) is 43.5 Å². The Morgan fingerprint density at radius 3 is 2.38 bits per heavy atom. The molecule has 0 aliphatic heterocycles. The Kier molecular flexibility index (Phi) is 7.41. The first kappa shape index (κ1) is 22.8. The standard InChI is InChI=1S/C24H19BrN2O5/c1-32-21-12-9-17(25)14-16(21)8-13-22(28)26-18-10-6-15(7-11-18)23(29)27-20-5-3-2-4-19(20)24(30)31/h2-14H,1H3,(H,26,28)(H,27,29)(H,30,31)/b13-8+. The van der Waals surface area contributed by atoms with Gasteiger partial charge in [0.05, 0.1) is 18.4 Å². The number of carboxylic acid groups (broad SMARTS) is 1. The van der Waals surface area contributed by atoms with Gasteiger partial charge < -0.3 is 20.5 Å². The van der Waals surface area contributed by atoms with E-state index in [0.29, 0.717) is 17.0 Å². The summed E-state index contributed by atoms with van der Waals surface area (Å²) >= 11 is 3.38. The van der Waals surface area contributed by atoms with E-state index in [1.807, 2.05) is 12.1 Å². The van der Waals surface area contributed by atoms with Crippen LogP contribution in [0.15, 0.2) is 77.3 Å². The van der Waals surface area contributed by atoms with Crippen molar-refractivity contribution in [3.63, 3.8) is 0 Å². The van der Waals surface area contributed by atoms with Crippen LogP contribution in [0.2, 0.25) is 0 Å². The maximum Gasteiger partial charge on any atom is 0.337 e. The lowest BCUT2D eigenvalue weighted by Crippen LogP contribution is -2.15. The fraction of sp³-hybridized carbons (Fsp3) is 0.0417. The summed E-state index contributed by atoms with van der Waals surface area (Å²) in [5.41, 5.74) is 1.76. The summed E-state index contributed by atoms with van der Waals surface area (Å²) in [7, 11) is 1.55. The van der Waals surface area contributed by atoms with E-state index in [1.165, 1.54) is 30.3 Å². The van der Waals surface area contributed by atoms with Crippen LogP contribution in [-0.4, -0.2) is 30.0 Å². The zero-order valence-electron chi connectivity index (χ0n) is 17.0. The number of amides is 2. The number of ether oxygens (including phenoxy) is 1. The van der Waals surface area contributed by atoms with E-state index in [-0.39, 0.29) is 17.2 Å². The molecule has 162 valence electrons. The summed E-state index contributed by atoms with van der Waals surface area (Å²) in [5, 5.41) is 14.5. The highest BCUT2D eigenvalue weighted by Gasteiger charge is 2.13. The Morgan fingerprint density at radius 1 is 0.969 bits per heavy atom. The van der Waals surface area contributed by atoms with E-state index in [9.17, 15) is 19.5 Å². The minimum Gasteiger partial charge on any atom is -0.496 e. The number of para-hydroxylation sites is 1. The quantitative estimate of drug-likeness (QED) is 0.398. The predicted octanol–water partition coefficient (Wildman–Crippen LogP) is 5.06. The fourth-order valence-electron chi connectivity index (χ4n) is 2.86. The van der Waals surface area contributed by atoms with Gasteiger partial charge >= 0.3 is 5.97 Å². The van der Waals surface area contributed by atoms with E-state index in [0.717, 1.165) is 10.0 Å². The number of nitrogens with one attached hydrogen (secondary N) is 2. The van der Waals surface area contributed by atoms with Gasteiger partial charge in [-0.2, -0.15) is 0 Å². The molecule has 7 nitrogen and oxygen atoms in total. The molecular weight excluding hydrogens is 476 g/mol. The number of methoxy groups -OCH3 is 1. The highest BCUT2D eigenvalue weighted by Crippen LogP contribution is 2.24. The van der Waals surface area contributed by atoms with Crippen molar-refractivity contribution in [2.45, 2.75) is 0 Å². The second-order valence-corrected chi connectivity index (χ2v) is 7.51. The third-order valence-electron chi connectivity index (χ3n) is 4.43. The van der Waals surface area contributed by atoms with Crippen molar-refractivity contribution < 1.29 is 24.2 Å². The monoisotopic (exact) mass is 494 g/mol. The minimum atomic E-state index is -1.13. The highest BCUT2D eigenvalue weighted by molar-refractivity contribution is 9.10. The molecule has 3 aromatic carbocycles. The first-order chi connectivity index (χ1) is 15.4. The molecule has 3 rings (SSSR count). The zero-order valence-corrected chi connectivity index (χ0v) is 18.5. The second-order valence-electron chi connectivity index (χ2n) is 6.59. The number of rotatable bonds is 7. The van der Waals surface area contributed by atoms with Crippen LogP contribution in [0.3, 0.4) is 0 Å². The molecule has 0 radical (unpaired) electrons. The minimum absolute atomic E-state index is 0.00130. The van der Waals surface area contributed by atoms with Crippen LogP contribution in [0, 0.1) is 0 Å². The molecule has 0 unspecified atom stereocenters. The molecule has 0 bridgehead atoms. The van der Waals surface area contributed by atoms with Gasteiger partial charge in [0, 0.05) is 27.4 Å². The smallest absolute Gasteiger partial charge is 0.337 e. The number of carbonyl (C=O) groups is 3. The van der Waals surface area contributed by atoms with Gasteiger partial charge in [0.2, 0.25) is 5.91 Å². The molecule has 2 amide bonds. The maximum absolute atomic E-state index is 12.5. The van der Waals surface area contributed by atoms with Gasteiger partial charge in [0.1, 0.15) is 5.75 Å². The molecule has 0 aliphatic carbocycles. The zero-order chi connectivity index (χ0) is 23.1. The summed E-state index contributed by atoms with van der Waals surface area (Å²) in [6.07, 6.45) is 3.02. The lowest BCUT2D eigenvalue weighted by molar-refractivity contribution is -0.111. The van der Waals surface area contributed by atoms with E-state index < -0.39 is 11.9 Å². The van der Waals surface area contributed by atoms with Gasteiger partial charge in [-0.1, -0.05) is 28.1 Å². The fourth-order valence-corrected chi connectivity index (χ4v) is 3.24. The number of anilines is 2. The van der Waals surface area contributed by atoms with Crippen molar-refractivity contribution in [2.24, 2.45) is 0 Å². The summed E-state index contributed by atoms with van der Waals surface area (Å²) < 4.78 is 6.13. The molecule has 0 atom stereocenters. The van der Waals surface area contributed by atoms with E-state index in [4.69, 9.17) is 4.74 Å². The van der Waals surface area contributed by atoms with Crippen LogP contribution < -0.4 is 15.4 Å². The number of halogens is 1. The van der Waals surface area contributed by atoms with Gasteiger partial charge in [-0.05, 0) is 60.7 Å². The first-order valence-electron chi connectivity index (χ1n) is 9.43. The second kappa shape index (κ2) is 10.4. The van der Waals surface area contributed by atoms with Crippen molar-refractivity contribution >= 4 is 51.2 Å². The Bertz CT molecular complexity index is 1190. The number of carboxylic acids is 1. The van der Waals surface area contributed by atoms with Crippen molar-refractivity contribution in [3.05, 3.63) is 94.0 Å². The molecule has 8 heteroatoms. The SMILES string of the molecule is COc1ccc(Br)cc1/C=C/C(=O)Nc1ccc(C(=O)Nc2ccccc2C(=O)O)cc1. The van der Waals surface area contributed by atoms with Crippen LogP contribution >= 0.6 is 15.9 Å². The molecule has 0 saturated carbocycles. The molecule has 0 heterocycles. The largest absolute Gasteiger partial charge is 0.496 e. The number of hydrogen-bond donors (Lipinski definition) is 3. The normalized spacial score (nSPS) is 10.6. The number of carbonyl (C=O) groups excluding carboxylic acids is 2. The van der Waals surface area contributed by atoms with Crippen molar-refractivity contribution in [3.8, 4) is 5.75 Å². The van der Waals surface area contributed by atoms with Gasteiger partial charge in [0.15, 0.2) is 0 Å². The van der Waals surface area contributed by atoms with Crippen molar-refractivity contribution in [2.75, 3.05) is 17.7 Å². The maximum atomic E-state index is 12.5. The molecule has 3 N–H and O–H groups in total. The Balaban J connectivity index is 1.65. The Hall–Kier alpha value is -3.91. The summed E-state index contributed by atoms with van der Waals surface area (Å²) in [5.74, 6) is -1.30. The molecule has 0 aliphatic rings. The van der Waals surface area contributed by atoms with Gasteiger partial charge in [0.25, 0.3) is 5.91 Å². The first-order valence-corrected chi connectivity index (χ1v) is 10.2. The number of hydrogen-bond acceptors (Lipinski definition) is 4. The van der Waals surface area contributed by atoms with Crippen LogP contribution in [0.5, 0.6) is 5.75 Å². The third-order valence-corrected chi connectivity index (χ3v) is 4.92. The molecule has 0 aromatic heterocycles. The topological polar surface area (TPSA) is 105 Å². The average Bonchev–Trinajstić information content (AvgIpc) is 2.78. The van der Waals surface area contributed by atoms with Crippen LogP contribution in [0.4, 0.5) is 11.4 Å². The van der Waals surface area contributed by atoms with Crippen LogP contribution in [0.1, 0.15) is 26.3 Å². The van der Waals surface area contributed by atoms with Gasteiger partial charge in [-0.15, -0.1) is 0 Å². The summed E-state index contributed by atoms with van der Waals surface area (Å²) in [4.78, 5) is 36.0. The molecule has 0 saturated heterocycles. The Labute approximate surface area is 192 Å². The lowest BCUT2D eigenvalue weighted by atomic mass is 10.1. The van der Waals surface area contributed by atoms with Crippen LogP contribution in [0.25, 0.3) is 6.08 Å². The molecule has 0 fully saturated rings. The van der Waals surface area contributed by atoms with Crippen LogP contribution in [-0.2, 0) is 4.79 Å².